The second kappa shape index (κ2) is 6.62. The molecule has 0 aliphatic rings. The van der Waals surface area contributed by atoms with Gasteiger partial charge in [-0.05, 0) is 24.3 Å². The number of hydrogen-bond donors (Lipinski definition) is 1. The molecule has 0 aliphatic heterocycles. The number of amides is 1. The fourth-order valence-corrected chi connectivity index (χ4v) is 2.72. The third-order valence-corrected chi connectivity index (χ3v) is 3.97. The van der Waals surface area contributed by atoms with Gasteiger partial charge in [0.15, 0.2) is 0 Å². The van der Waals surface area contributed by atoms with E-state index < -0.39 is 0 Å². The Morgan fingerprint density at radius 1 is 1.12 bits per heavy atom. The molecule has 124 valence electrons. The van der Waals surface area contributed by atoms with Crippen molar-refractivity contribution in [1.82, 2.24) is 9.13 Å². The summed E-state index contributed by atoms with van der Waals surface area (Å²) in [6.07, 6.45) is 0.213. The van der Waals surface area contributed by atoms with Crippen LogP contribution in [0.2, 0.25) is 0 Å². The van der Waals surface area contributed by atoms with Crippen LogP contribution in [0, 0.1) is 0 Å². The Morgan fingerprint density at radius 3 is 2.62 bits per heavy atom. The van der Waals surface area contributed by atoms with E-state index in [0.717, 1.165) is 11.0 Å². The van der Waals surface area contributed by atoms with E-state index in [1.54, 1.807) is 35.4 Å². The fourth-order valence-electron chi connectivity index (χ4n) is 2.72. The van der Waals surface area contributed by atoms with Gasteiger partial charge in [-0.25, -0.2) is 4.79 Å². The normalized spacial score (nSPS) is 10.8. The second-order valence-corrected chi connectivity index (χ2v) is 5.51. The number of para-hydroxylation sites is 2. The number of aromatic nitrogens is 2. The summed E-state index contributed by atoms with van der Waals surface area (Å²) in [7, 11) is 3.31. The van der Waals surface area contributed by atoms with Crippen molar-refractivity contribution < 1.29 is 9.53 Å². The largest absolute Gasteiger partial charge is 0.497 e. The van der Waals surface area contributed by atoms with Gasteiger partial charge in [-0.2, -0.15) is 0 Å². The summed E-state index contributed by atoms with van der Waals surface area (Å²) in [5.74, 6) is 0.529. The lowest BCUT2D eigenvalue weighted by molar-refractivity contribution is -0.116. The number of hydrogen-bond acceptors (Lipinski definition) is 3. The van der Waals surface area contributed by atoms with Crippen LogP contribution >= 0.6 is 0 Å². The number of carbonyl (C=O) groups is 1. The van der Waals surface area contributed by atoms with Gasteiger partial charge in [-0.3, -0.25) is 13.9 Å². The summed E-state index contributed by atoms with van der Waals surface area (Å²) >= 11 is 0. The molecule has 3 aromatic rings. The zero-order valence-corrected chi connectivity index (χ0v) is 13.7. The number of methoxy groups -OCH3 is 1. The molecule has 6 nitrogen and oxygen atoms in total. The Bertz CT molecular complexity index is 940. The fraction of sp³-hybridized carbons (Fsp3) is 0.222. The first-order valence-electron chi connectivity index (χ1n) is 7.68. The van der Waals surface area contributed by atoms with Gasteiger partial charge < -0.3 is 10.1 Å². The highest BCUT2D eigenvalue weighted by atomic mass is 16.5. The van der Waals surface area contributed by atoms with Crippen molar-refractivity contribution in [2.75, 3.05) is 12.4 Å². The number of ether oxygens (including phenoxy) is 1. The van der Waals surface area contributed by atoms with Gasteiger partial charge in [-0.15, -0.1) is 0 Å². The first kappa shape index (κ1) is 15.9. The van der Waals surface area contributed by atoms with Gasteiger partial charge in [0.1, 0.15) is 5.75 Å². The second-order valence-electron chi connectivity index (χ2n) is 5.51. The van der Waals surface area contributed by atoms with Gasteiger partial charge >= 0.3 is 5.69 Å². The SMILES string of the molecule is COc1cccc(NC(=O)CCn2c(=O)n(C)c3ccccc32)c1. The standard InChI is InChI=1S/C18H19N3O3/c1-20-15-8-3-4-9-16(15)21(18(20)23)11-10-17(22)19-13-6-5-7-14(12-13)24-2/h3-9,12H,10-11H2,1-2H3,(H,19,22). The number of anilines is 1. The summed E-state index contributed by atoms with van der Waals surface area (Å²) in [6, 6.07) is 14.7. The third kappa shape index (κ3) is 3.03. The van der Waals surface area contributed by atoms with E-state index in [2.05, 4.69) is 5.32 Å². The van der Waals surface area contributed by atoms with Crippen LogP contribution in [0.25, 0.3) is 11.0 Å². The molecule has 0 atom stereocenters. The van der Waals surface area contributed by atoms with Crippen LogP contribution in [0.3, 0.4) is 0 Å². The molecule has 2 aromatic carbocycles. The minimum Gasteiger partial charge on any atom is -0.497 e. The van der Waals surface area contributed by atoms with E-state index in [1.807, 2.05) is 36.4 Å². The van der Waals surface area contributed by atoms with Crippen LogP contribution in [0.4, 0.5) is 5.69 Å². The summed E-state index contributed by atoms with van der Waals surface area (Å²) in [5.41, 5.74) is 2.24. The van der Waals surface area contributed by atoms with E-state index >= 15 is 0 Å². The highest BCUT2D eigenvalue weighted by Gasteiger charge is 2.11. The molecule has 6 heteroatoms. The highest BCUT2D eigenvalue weighted by molar-refractivity contribution is 5.91. The third-order valence-electron chi connectivity index (χ3n) is 3.97. The molecule has 1 aromatic heterocycles. The maximum Gasteiger partial charge on any atom is 0.328 e. The van der Waals surface area contributed by atoms with Gasteiger partial charge in [0.05, 0.1) is 18.1 Å². The molecule has 1 N–H and O–H groups in total. The molecule has 24 heavy (non-hydrogen) atoms. The van der Waals surface area contributed by atoms with E-state index in [9.17, 15) is 9.59 Å². The average Bonchev–Trinajstić information content (AvgIpc) is 2.84. The number of nitrogens with one attached hydrogen (secondary N) is 1. The maximum absolute atomic E-state index is 12.3. The van der Waals surface area contributed by atoms with Crippen molar-refractivity contribution in [2.45, 2.75) is 13.0 Å². The summed E-state index contributed by atoms with van der Waals surface area (Å²) in [6.45, 7) is 0.329. The zero-order chi connectivity index (χ0) is 17.1. The Labute approximate surface area is 139 Å². The van der Waals surface area contributed by atoms with Crippen LogP contribution in [0.5, 0.6) is 5.75 Å². The molecule has 0 unspecified atom stereocenters. The lowest BCUT2D eigenvalue weighted by Gasteiger charge is -2.07. The molecule has 0 radical (unpaired) electrons. The molecule has 0 fully saturated rings. The van der Waals surface area contributed by atoms with E-state index in [1.165, 1.54) is 0 Å². The van der Waals surface area contributed by atoms with Crippen LogP contribution in [0.1, 0.15) is 6.42 Å². The number of imidazole rings is 1. The molecular weight excluding hydrogens is 306 g/mol. The number of benzene rings is 2. The monoisotopic (exact) mass is 325 g/mol. The summed E-state index contributed by atoms with van der Waals surface area (Å²) in [5, 5.41) is 2.82. The Kier molecular flexibility index (Phi) is 4.37. The van der Waals surface area contributed by atoms with Crippen molar-refractivity contribution >= 4 is 22.6 Å². The zero-order valence-electron chi connectivity index (χ0n) is 13.7. The molecule has 1 amide bonds. The number of nitrogens with zero attached hydrogens (tertiary/aromatic N) is 2. The number of fused-ring (bicyclic) bond motifs is 1. The summed E-state index contributed by atoms with van der Waals surface area (Å²) in [4.78, 5) is 24.5. The molecular formula is C18H19N3O3. The number of carbonyl (C=O) groups excluding carboxylic acids is 1. The topological polar surface area (TPSA) is 65.3 Å². The van der Waals surface area contributed by atoms with Gasteiger partial charge in [0.25, 0.3) is 0 Å². The number of rotatable bonds is 5. The minimum absolute atomic E-state index is 0.120. The van der Waals surface area contributed by atoms with Crippen molar-refractivity contribution in [3.8, 4) is 5.75 Å². The van der Waals surface area contributed by atoms with Gasteiger partial charge in [-0.1, -0.05) is 18.2 Å². The Morgan fingerprint density at radius 2 is 1.88 bits per heavy atom. The van der Waals surface area contributed by atoms with Crippen molar-refractivity contribution in [3.05, 3.63) is 59.0 Å². The maximum atomic E-state index is 12.3. The number of aryl methyl sites for hydroxylation is 2. The Hall–Kier alpha value is -3.02. The molecule has 1 heterocycles. The van der Waals surface area contributed by atoms with Crippen molar-refractivity contribution in [2.24, 2.45) is 7.05 Å². The molecule has 0 saturated heterocycles. The van der Waals surface area contributed by atoms with Gasteiger partial charge in [0, 0.05) is 31.8 Å². The molecule has 0 spiro atoms. The first-order valence-corrected chi connectivity index (χ1v) is 7.68. The Balaban J connectivity index is 1.73. The predicted octanol–water partition coefficient (Wildman–Crippen LogP) is 2.38. The van der Waals surface area contributed by atoms with Crippen LogP contribution in [-0.4, -0.2) is 22.2 Å². The molecule has 0 bridgehead atoms. The van der Waals surface area contributed by atoms with Crippen LogP contribution < -0.4 is 15.7 Å². The van der Waals surface area contributed by atoms with Crippen molar-refractivity contribution in [3.63, 3.8) is 0 Å². The van der Waals surface area contributed by atoms with E-state index in [0.29, 0.717) is 18.0 Å². The lowest BCUT2D eigenvalue weighted by Crippen LogP contribution is -2.24. The molecule has 0 aliphatic carbocycles. The molecule has 3 rings (SSSR count). The smallest absolute Gasteiger partial charge is 0.328 e. The van der Waals surface area contributed by atoms with Gasteiger partial charge in [0.2, 0.25) is 5.91 Å². The average molecular weight is 325 g/mol. The van der Waals surface area contributed by atoms with E-state index in [4.69, 9.17) is 4.74 Å². The van der Waals surface area contributed by atoms with E-state index in [-0.39, 0.29) is 18.0 Å². The van der Waals surface area contributed by atoms with Crippen molar-refractivity contribution in [1.29, 1.82) is 0 Å². The quantitative estimate of drug-likeness (QED) is 0.783. The van der Waals surface area contributed by atoms with Crippen LogP contribution in [-0.2, 0) is 18.4 Å². The molecule has 0 saturated carbocycles. The summed E-state index contributed by atoms with van der Waals surface area (Å²) < 4.78 is 8.35. The van der Waals surface area contributed by atoms with Crippen LogP contribution in [0.15, 0.2) is 53.3 Å². The minimum atomic E-state index is -0.150. The highest BCUT2D eigenvalue weighted by Crippen LogP contribution is 2.17. The predicted molar refractivity (Wildman–Crippen MR) is 93.4 cm³/mol. The first-order chi connectivity index (χ1) is 11.6. The lowest BCUT2D eigenvalue weighted by atomic mass is 10.3.